The van der Waals surface area contributed by atoms with Crippen molar-refractivity contribution in [1.29, 1.82) is 0 Å². The Morgan fingerprint density at radius 1 is 1.50 bits per heavy atom. The summed E-state index contributed by atoms with van der Waals surface area (Å²) >= 11 is 4.65. The van der Waals surface area contributed by atoms with Crippen LogP contribution in [-0.2, 0) is 4.79 Å². The van der Waals surface area contributed by atoms with E-state index in [1.54, 1.807) is 6.20 Å². The van der Waals surface area contributed by atoms with E-state index >= 15 is 0 Å². The molecule has 0 spiro atoms. The van der Waals surface area contributed by atoms with Gasteiger partial charge in [0, 0.05) is 17.7 Å². The van der Waals surface area contributed by atoms with Crippen LogP contribution in [0.5, 0.6) is 0 Å². The van der Waals surface area contributed by atoms with Crippen molar-refractivity contribution < 1.29 is 4.79 Å². The van der Waals surface area contributed by atoms with Crippen LogP contribution < -0.4 is 10.6 Å². The quantitative estimate of drug-likeness (QED) is 0.765. The van der Waals surface area contributed by atoms with E-state index < -0.39 is 0 Å². The molecule has 5 nitrogen and oxygen atoms in total. The van der Waals surface area contributed by atoms with Gasteiger partial charge in [0.15, 0.2) is 5.82 Å². The van der Waals surface area contributed by atoms with Gasteiger partial charge in [-0.3, -0.25) is 4.79 Å². The van der Waals surface area contributed by atoms with E-state index in [0.717, 1.165) is 17.1 Å². The third-order valence-electron chi connectivity index (χ3n) is 2.73. The molecule has 0 unspecified atom stereocenters. The van der Waals surface area contributed by atoms with Gasteiger partial charge >= 0.3 is 0 Å². The summed E-state index contributed by atoms with van der Waals surface area (Å²) in [5, 5.41) is 6.92. The number of nitrogens with one attached hydrogen (secondary N) is 2. The number of halogens is 1. The van der Waals surface area contributed by atoms with Crippen LogP contribution in [-0.4, -0.2) is 21.4 Å². The molecule has 1 aromatic heterocycles. The molecule has 0 aromatic carbocycles. The topological polar surface area (TPSA) is 66.9 Å². The first-order valence-electron chi connectivity index (χ1n) is 5.48. The maximum Gasteiger partial charge on any atom is 0.260 e. The average Bonchev–Trinajstić information content (AvgIpc) is 2.26. The molecule has 0 radical (unpaired) electrons. The first-order chi connectivity index (χ1) is 8.44. The number of nitrogens with zero attached hydrogens (tertiary/aromatic N) is 2. The van der Waals surface area contributed by atoms with Gasteiger partial charge in [0.1, 0.15) is 9.63 Å². The summed E-state index contributed by atoms with van der Waals surface area (Å²) in [5.74, 6) is 0.665. The van der Waals surface area contributed by atoms with E-state index in [1.165, 1.54) is 11.8 Å². The van der Waals surface area contributed by atoms with Gasteiger partial charge in [-0.05, 0) is 29.8 Å². The molecule has 1 amide bonds. The van der Waals surface area contributed by atoms with Crippen molar-refractivity contribution in [3.05, 3.63) is 21.4 Å². The van der Waals surface area contributed by atoms with Crippen LogP contribution >= 0.6 is 27.7 Å². The molecule has 0 saturated heterocycles. The van der Waals surface area contributed by atoms with Gasteiger partial charge < -0.3 is 10.6 Å². The maximum absolute atomic E-state index is 12.0. The van der Waals surface area contributed by atoms with E-state index in [9.17, 15) is 4.79 Å². The van der Waals surface area contributed by atoms with Gasteiger partial charge in [-0.15, -0.1) is 0 Å². The lowest BCUT2D eigenvalue weighted by molar-refractivity contribution is -0.118. The van der Waals surface area contributed by atoms with Crippen LogP contribution in [0.1, 0.15) is 20.3 Å². The highest BCUT2D eigenvalue weighted by Gasteiger charge is 2.36. The summed E-state index contributed by atoms with van der Waals surface area (Å²) in [7, 11) is 0. The van der Waals surface area contributed by atoms with Gasteiger partial charge in [0.2, 0.25) is 0 Å². The molecular formula is C11H11BrN4OS. The Balaban J connectivity index is 2.02. The van der Waals surface area contributed by atoms with Crippen LogP contribution in [0.4, 0.5) is 5.82 Å². The first-order valence-corrected chi connectivity index (χ1v) is 7.09. The molecule has 0 fully saturated rings. The number of fused-ring (bicyclic) bond motifs is 1. The van der Waals surface area contributed by atoms with Crippen molar-refractivity contribution in [3.8, 4) is 0 Å². The van der Waals surface area contributed by atoms with Crippen molar-refractivity contribution in [1.82, 2.24) is 15.3 Å². The Kier molecular flexibility index (Phi) is 2.63. The van der Waals surface area contributed by atoms with Gasteiger partial charge in [0.05, 0.1) is 11.1 Å². The number of aromatic nitrogens is 2. The fourth-order valence-electron chi connectivity index (χ4n) is 2.02. The van der Waals surface area contributed by atoms with Crippen molar-refractivity contribution in [2.75, 3.05) is 5.32 Å². The van der Waals surface area contributed by atoms with Crippen molar-refractivity contribution in [2.45, 2.75) is 30.8 Å². The van der Waals surface area contributed by atoms with Crippen LogP contribution in [0.25, 0.3) is 0 Å². The number of rotatable bonds is 0. The standard InChI is InChI=1S/C11H11BrN4OS/c1-11(2)3-5-7(9(17)16-11)18-10-8(14-5)13-4-6(12)15-10/h4H,3H2,1-2H3,(H,13,14)(H,16,17). The number of thioether (sulfide) groups is 1. The van der Waals surface area contributed by atoms with Crippen molar-refractivity contribution >= 4 is 39.4 Å². The number of carbonyl (C=O) groups is 1. The Hall–Kier alpha value is -1.08. The fraction of sp³-hybridized carbons (Fsp3) is 0.364. The van der Waals surface area contributed by atoms with Crippen LogP contribution in [0.15, 0.2) is 26.4 Å². The highest BCUT2D eigenvalue weighted by molar-refractivity contribution is 9.10. The Morgan fingerprint density at radius 2 is 2.28 bits per heavy atom. The monoisotopic (exact) mass is 326 g/mol. The van der Waals surface area contributed by atoms with Gasteiger partial charge in [0.25, 0.3) is 5.91 Å². The number of carbonyl (C=O) groups excluding carboxylic acids is 1. The number of anilines is 1. The molecule has 2 aliphatic rings. The third kappa shape index (κ3) is 2.01. The summed E-state index contributed by atoms with van der Waals surface area (Å²) in [5.41, 5.74) is 0.696. The van der Waals surface area contributed by atoms with Gasteiger partial charge in [-0.2, -0.15) is 0 Å². The van der Waals surface area contributed by atoms with Crippen LogP contribution in [0.2, 0.25) is 0 Å². The first kappa shape index (κ1) is 12.0. The lowest BCUT2D eigenvalue weighted by atomic mass is 9.94. The Labute approximate surface area is 117 Å². The molecule has 0 aliphatic carbocycles. The number of amides is 1. The van der Waals surface area contributed by atoms with Crippen molar-refractivity contribution in [2.24, 2.45) is 0 Å². The molecule has 2 N–H and O–H groups in total. The minimum atomic E-state index is -0.232. The van der Waals surface area contributed by atoms with E-state index in [1.807, 2.05) is 13.8 Å². The second kappa shape index (κ2) is 3.96. The SMILES string of the molecule is CC1(C)CC2=C(Sc3nc(Br)cnc3N2)C(=O)N1. The molecular weight excluding hydrogens is 316 g/mol. The number of hydrogen-bond donors (Lipinski definition) is 2. The Bertz CT molecular complexity index is 584. The van der Waals surface area contributed by atoms with E-state index in [2.05, 4.69) is 36.5 Å². The molecule has 7 heteroatoms. The van der Waals surface area contributed by atoms with E-state index in [-0.39, 0.29) is 11.4 Å². The molecule has 18 heavy (non-hydrogen) atoms. The molecule has 94 valence electrons. The number of hydrogen-bond acceptors (Lipinski definition) is 5. The Morgan fingerprint density at radius 3 is 3.06 bits per heavy atom. The lowest BCUT2D eigenvalue weighted by Gasteiger charge is -2.35. The van der Waals surface area contributed by atoms with Gasteiger partial charge in [-0.25, -0.2) is 9.97 Å². The van der Waals surface area contributed by atoms with Crippen LogP contribution in [0, 0.1) is 0 Å². The molecule has 0 saturated carbocycles. The molecule has 0 atom stereocenters. The minimum absolute atomic E-state index is 0.0498. The third-order valence-corrected chi connectivity index (χ3v) is 4.23. The summed E-state index contributed by atoms with van der Waals surface area (Å²) in [4.78, 5) is 21.3. The van der Waals surface area contributed by atoms with Crippen LogP contribution in [0.3, 0.4) is 0 Å². The molecule has 2 aliphatic heterocycles. The summed E-state index contributed by atoms with van der Waals surface area (Å²) < 4.78 is 0.663. The van der Waals surface area contributed by atoms with E-state index in [0.29, 0.717) is 15.3 Å². The molecule has 3 heterocycles. The van der Waals surface area contributed by atoms with Crippen molar-refractivity contribution in [3.63, 3.8) is 0 Å². The van der Waals surface area contributed by atoms with E-state index in [4.69, 9.17) is 0 Å². The molecule has 3 rings (SSSR count). The highest BCUT2D eigenvalue weighted by Crippen LogP contribution is 2.41. The van der Waals surface area contributed by atoms with Gasteiger partial charge in [-0.1, -0.05) is 11.8 Å². The smallest absolute Gasteiger partial charge is 0.260 e. The second-order valence-electron chi connectivity index (χ2n) is 4.90. The minimum Gasteiger partial charge on any atom is -0.346 e. The zero-order valence-electron chi connectivity index (χ0n) is 9.87. The lowest BCUT2D eigenvalue weighted by Crippen LogP contribution is -2.49. The fourth-order valence-corrected chi connectivity index (χ4v) is 3.35. The maximum atomic E-state index is 12.0. The predicted molar refractivity (Wildman–Crippen MR) is 73.1 cm³/mol. The summed E-state index contributed by atoms with van der Waals surface area (Å²) in [6.07, 6.45) is 2.41. The molecule has 1 aromatic rings. The predicted octanol–water partition coefficient (Wildman–Crippen LogP) is 2.27. The second-order valence-corrected chi connectivity index (χ2v) is 6.71. The normalized spacial score (nSPS) is 20.7. The molecule has 0 bridgehead atoms. The zero-order chi connectivity index (χ0) is 12.9. The zero-order valence-corrected chi connectivity index (χ0v) is 12.3. The summed E-state index contributed by atoms with van der Waals surface area (Å²) in [6, 6.07) is 0. The average molecular weight is 327 g/mol. The largest absolute Gasteiger partial charge is 0.346 e. The summed E-state index contributed by atoms with van der Waals surface area (Å²) in [6.45, 7) is 4.01. The highest BCUT2D eigenvalue weighted by atomic mass is 79.9.